The van der Waals surface area contributed by atoms with Crippen molar-refractivity contribution in [2.45, 2.75) is 37.6 Å². The molecule has 0 spiro atoms. The van der Waals surface area contributed by atoms with Gasteiger partial charge in [0, 0.05) is 38.4 Å². The highest BCUT2D eigenvalue weighted by Gasteiger charge is 2.39. The van der Waals surface area contributed by atoms with Gasteiger partial charge in [-0.25, -0.2) is 0 Å². The fourth-order valence-electron chi connectivity index (χ4n) is 3.45. The first-order chi connectivity index (χ1) is 9.39. The van der Waals surface area contributed by atoms with Gasteiger partial charge >= 0.3 is 0 Å². The van der Waals surface area contributed by atoms with Crippen molar-refractivity contribution in [2.75, 3.05) is 45.9 Å². The topological polar surface area (TPSA) is 48.9 Å². The van der Waals surface area contributed by atoms with Gasteiger partial charge in [-0.05, 0) is 45.2 Å². The van der Waals surface area contributed by atoms with Crippen molar-refractivity contribution in [3.63, 3.8) is 0 Å². The van der Waals surface area contributed by atoms with Gasteiger partial charge in [-0.15, -0.1) is 0 Å². The molecule has 0 atom stereocenters. The van der Waals surface area contributed by atoms with E-state index in [0.717, 1.165) is 58.1 Å². The molecule has 0 aromatic rings. The van der Waals surface area contributed by atoms with Gasteiger partial charge < -0.3 is 15.4 Å². The van der Waals surface area contributed by atoms with E-state index in [9.17, 15) is 0 Å². The van der Waals surface area contributed by atoms with E-state index in [1.54, 1.807) is 0 Å². The molecule has 0 unspecified atom stereocenters. The highest BCUT2D eigenvalue weighted by atomic mass is 16.5. The fourth-order valence-corrected chi connectivity index (χ4v) is 3.45. The molecule has 2 N–H and O–H groups in total. The summed E-state index contributed by atoms with van der Waals surface area (Å²) >= 11 is 0. The molecule has 0 radical (unpaired) electrons. The predicted molar refractivity (Wildman–Crippen MR) is 76.5 cm³/mol. The molecule has 108 valence electrons. The number of guanidine groups is 1. The summed E-state index contributed by atoms with van der Waals surface area (Å²) in [5, 5.41) is 6.91. The second-order valence-electron chi connectivity index (χ2n) is 5.90. The maximum atomic E-state index is 5.58. The van der Waals surface area contributed by atoms with Crippen molar-refractivity contribution < 1.29 is 4.74 Å². The molecule has 0 bridgehead atoms. The van der Waals surface area contributed by atoms with Crippen LogP contribution in [0.1, 0.15) is 32.1 Å². The Balaban J connectivity index is 1.63. The summed E-state index contributed by atoms with van der Waals surface area (Å²) in [7, 11) is 0. The largest absolute Gasteiger partial charge is 0.381 e. The predicted octanol–water partition coefficient (Wildman–Crippen LogP) is 0.570. The number of hydrogen-bond donors (Lipinski definition) is 2. The van der Waals surface area contributed by atoms with Gasteiger partial charge in [-0.1, -0.05) is 0 Å². The van der Waals surface area contributed by atoms with Gasteiger partial charge in [0.2, 0.25) is 0 Å². The van der Waals surface area contributed by atoms with Crippen LogP contribution in [-0.4, -0.2) is 62.3 Å². The van der Waals surface area contributed by atoms with Crippen LogP contribution < -0.4 is 10.6 Å². The summed E-state index contributed by atoms with van der Waals surface area (Å²) in [6, 6.07) is 0. The maximum absolute atomic E-state index is 5.58. The minimum absolute atomic E-state index is 0.288. The fraction of sp³-hybridized carbons (Fsp3) is 0.929. The van der Waals surface area contributed by atoms with Crippen molar-refractivity contribution in [3.05, 3.63) is 0 Å². The van der Waals surface area contributed by atoms with Crippen molar-refractivity contribution in [1.29, 1.82) is 0 Å². The smallest absolute Gasteiger partial charge is 0.191 e. The first-order valence-corrected chi connectivity index (χ1v) is 7.74. The summed E-state index contributed by atoms with van der Waals surface area (Å²) in [5.41, 5.74) is 0.288. The number of aliphatic imine (C=N–C) groups is 1. The molecular weight excluding hydrogens is 240 g/mol. The Kier molecular flexibility index (Phi) is 4.23. The second kappa shape index (κ2) is 6.09. The average molecular weight is 266 g/mol. The van der Waals surface area contributed by atoms with Crippen LogP contribution in [0.3, 0.4) is 0 Å². The van der Waals surface area contributed by atoms with Gasteiger partial charge in [-0.2, -0.15) is 0 Å². The summed E-state index contributed by atoms with van der Waals surface area (Å²) in [6.45, 7) is 7.31. The van der Waals surface area contributed by atoms with Crippen molar-refractivity contribution >= 4 is 5.96 Å². The minimum atomic E-state index is 0.288. The van der Waals surface area contributed by atoms with E-state index in [-0.39, 0.29) is 5.54 Å². The van der Waals surface area contributed by atoms with E-state index in [4.69, 9.17) is 4.74 Å². The van der Waals surface area contributed by atoms with Gasteiger partial charge in [0.15, 0.2) is 5.96 Å². The van der Waals surface area contributed by atoms with Gasteiger partial charge in [0.25, 0.3) is 0 Å². The summed E-state index contributed by atoms with van der Waals surface area (Å²) < 4.78 is 5.58. The van der Waals surface area contributed by atoms with Crippen molar-refractivity contribution in [2.24, 2.45) is 4.99 Å². The Hall–Kier alpha value is -0.810. The Morgan fingerprint density at radius 1 is 1.21 bits per heavy atom. The SMILES string of the molecule is C1CN=C(NCC2(N3CCCC3)CCOCC2)NC1. The lowest BCUT2D eigenvalue weighted by Gasteiger charge is -2.45. The summed E-state index contributed by atoms with van der Waals surface area (Å²) in [6.07, 6.45) is 6.14. The molecule has 3 heterocycles. The molecule has 3 aliphatic rings. The van der Waals surface area contributed by atoms with E-state index in [0.29, 0.717) is 0 Å². The lowest BCUT2D eigenvalue weighted by Crippen LogP contribution is -2.59. The normalized spacial score (nSPS) is 27.7. The first-order valence-electron chi connectivity index (χ1n) is 7.74. The molecule has 3 rings (SSSR count). The van der Waals surface area contributed by atoms with Crippen LogP contribution in [-0.2, 0) is 4.74 Å². The van der Waals surface area contributed by atoms with E-state index in [2.05, 4.69) is 20.5 Å². The lowest BCUT2D eigenvalue weighted by molar-refractivity contribution is -0.0164. The second-order valence-corrected chi connectivity index (χ2v) is 5.90. The number of nitrogens with zero attached hydrogens (tertiary/aromatic N) is 2. The van der Waals surface area contributed by atoms with Gasteiger partial charge in [0.1, 0.15) is 0 Å². The average Bonchev–Trinajstić information content (AvgIpc) is 3.02. The van der Waals surface area contributed by atoms with Crippen molar-refractivity contribution in [1.82, 2.24) is 15.5 Å². The summed E-state index contributed by atoms with van der Waals surface area (Å²) in [4.78, 5) is 7.20. The third kappa shape index (κ3) is 3.03. The van der Waals surface area contributed by atoms with E-state index in [1.807, 2.05) is 0 Å². The molecule has 2 fully saturated rings. The molecule has 0 aromatic heterocycles. The van der Waals surface area contributed by atoms with Gasteiger partial charge in [0.05, 0.1) is 0 Å². The summed E-state index contributed by atoms with van der Waals surface area (Å²) in [5.74, 6) is 0.997. The van der Waals surface area contributed by atoms with Crippen LogP contribution in [0.25, 0.3) is 0 Å². The molecule has 0 amide bonds. The molecule has 5 nitrogen and oxygen atoms in total. The van der Waals surface area contributed by atoms with Crippen LogP contribution in [0.2, 0.25) is 0 Å². The lowest BCUT2D eigenvalue weighted by atomic mass is 9.88. The molecular formula is C14H26N4O. The molecule has 0 aliphatic carbocycles. The zero-order valence-electron chi connectivity index (χ0n) is 11.8. The third-order valence-electron chi connectivity index (χ3n) is 4.68. The van der Waals surface area contributed by atoms with Gasteiger partial charge in [-0.3, -0.25) is 9.89 Å². The Morgan fingerprint density at radius 2 is 2.00 bits per heavy atom. The Labute approximate surface area is 115 Å². The monoisotopic (exact) mass is 266 g/mol. The third-order valence-corrected chi connectivity index (χ3v) is 4.68. The highest BCUT2D eigenvalue weighted by molar-refractivity contribution is 5.80. The molecule has 2 saturated heterocycles. The van der Waals surface area contributed by atoms with Crippen LogP contribution in [0.5, 0.6) is 0 Å². The number of rotatable bonds is 3. The van der Waals surface area contributed by atoms with E-state index >= 15 is 0 Å². The molecule has 5 heteroatoms. The number of hydrogen-bond acceptors (Lipinski definition) is 5. The zero-order valence-corrected chi connectivity index (χ0v) is 11.8. The number of nitrogens with one attached hydrogen (secondary N) is 2. The Bertz CT molecular complexity index is 319. The molecule has 19 heavy (non-hydrogen) atoms. The molecule has 0 saturated carbocycles. The molecule has 3 aliphatic heterocycles. The van der Waals surface area contributed by atoms with Crippen LogP contribution >= 0.6 is 0 Å². The van der Waals surface area contributed by atoms with E-state index in [1.165, 1.54) is 25.9 Å². The minimum Gasteiger partial charge on any atom is -0.381 e. The van der Waals surface area contributed by atoms with E-state index < -0.39 is 0 Å². The quantitative estimate of drug-likeness (QED) is 0.784. The Morgan fingerprint density at radius 3 is 2.68 bits per heavy atom. The maximum Gasteiger partial charge on any atom is 0.191 e. The zero-order chi connectivity index (χ0) is 13.0. The van der Waals surface area contributed by atoms with Crippen LogP contribution in [0.4, 0.5) is 0 Å². The van der Waals surface area contributed by atoms with Crippen LogP contribution in [0.15, 0.2) is 4.99 Å². The standard InChI is InChI=1S/C14H26N4O/c1-2-9-18(8-1)14(4-10-19-11-5-14)12-17-13-15-6-3-7-16-13/h1-12H2,(H2,15,16,17). The number of likely N-dealkylation sites (tertiary alicyclic amines) is 1. The highest BCUT2D eigenvalue weighted by Crippen LogP contribution is 2.30. The number of ether oxygens (including phenoxy) is 1. The first kappa shape index (κ1) is 13.2. The molecule has 0 aromatic carbocycles. The van der Waals surface area contributed by atoms with Crippen molar-refractivity contribution in [3.8, 4) is 0 Å². The van der Waals surface area contributed by atoms with Crippen LogP contribution in [0, 0.1) is 0 Å².